The molecule has 7 heterocycles. The predicted molar refractivity (Wildman–Crippen MR) is 425 cm³/mol. The van der Waals surface area contributed by atoms with Crippen molar-refractivity contribution in [2.75, 3.05) is 41.5 Å². The number of hydrogen-bond donors (Lipinski definition) is 0. The summed E-state index contributed by atoms with van der Waals surface area (Å²) in [7, 11) is 7.06. The molecule has 0 saturated carbocycles. The molecule has 0 bridgehead atoms. The van der Waals surface area contributed by atoms with Crippen LogP contribution in [-0.4, -0.2) is 112 Å². The van der Waals surface area contributed by atoms with E-state index < -0.39 is 36.8 Å². The van der Waals surface area contributed by atoms with Gasteiger partial charge in [0.2, 0.25) is 0 Å². The van der Waals surface area contributed by atoms with Crippen LogP contribution in [0.5, 0.6) is 23.0 Å². The van der Waals surface area contributed by atoms with E-state index in [-0.39, 0.29) is 23.6 Å². The number of thiophene rings is 5. The molecule has 0 spiro atoms. The third-order valence-electron chi connectivity index (χ3n) is 19.3. The molecule has 0 N–H and O–H groups in total. The first-order valence-corrected chi connectivity index (χ1v) is 60.2. The number of carbonyl (C=O) groups excluding carboxylic acids is 4. The van der Waals surface area contributed by atoms with Gasteiger partial charge in [0.15, 0.2) is 0 Å². The fraction of sp³-hybridized carbons (Fsp3) is 0.481. The molecule has 1 aliphatic carbocycles. The Morgan fingerprint density at radius 1 is 0.469 bits per heavy atom. The number of imide groups is 2. The minimum absolute atomic E-state index is 0.121. The van der Waals surface area contributed by atoms with Gasteiger partial charge >= 0.3 is 182 Å². The number of nitrogens with zero attached hydrogens (tertiary/aromatic N) is 2. The Balaban J connectivity index is 0.000000167. The van der Waals surface area contributed by atoms with Crippen molar-refractivity contribution >= 4 is 210 Å². The molecule has 4 amide bonds. The molecule has 0 radical (unpaired) electrons. The van der Waals surface area contributed by atoms with Gasteiger partial charge in [-0.05, 0) is 118 Å². The molecule has 10 nitrogen and oxygen atoms in total. The van der Waals surface area contributed by atoms with Crippen LogP contribution in [0.15, 0.2) is 53.6 Å². The van der Waals surface area contributed by atoms with Gasteiger partial charge in [-0.15, -0.1) is 45.3 Å². The quantitative estimate of drug-likeness (QED) is 0.0284. The average molecular weight is 1740 g/mol. The van der Waals surface area contributed by atoms with Crippen molar-refractivity contribution in [2.24, 2.45) is 11.8 Å². The van der Waals surface area contributed by atoms with E-state index in [1.54, 1.807) is 66.7 Å². The van der Waals surface area contributed by atoms with Crippen LogP contribution in [0.1, 0.15) is 193 Å². The summed E-state index contributed by atoms with van der Waals surface area (Å²) in [5.41, 5.74) is 4.96. The molecular weight excluding hydrogens is 1640 g/mol. The van der Waals surface area contributed by atoms with E-state index in [2.05, 4.69) is 145 Å². The molecular formula is C77H96Br2N2O8S5Sn2. The van der Waals surface area contributed by atoms with Crippen molar-refractivity contribution in [3.05, 3.63) is 96.8 Å². The molecule has 2 atom stereocenters. The van der Waals surface area contributed by atoms with Crippen LogP contribution in [-0.2, 0) is 6.42 Å². The van der Waals surface area contributed by atoms with Crippen LogP contribution in [0, 0.1) is 25.7 Å². The van der Waals surface area contributed by atoms with Crippen LogP contribution in [0.3, 0.4) is 0 Å². The number of ether oxygens (including phenoxy) is 4. The maximum atomic E-state index is 14.0. The maximum absolute atomic E-state index is 14.0. The SMILES string of the molecule is CCCCCCC(CCCC)CN1C(=O)c2c(Br)sc(Br)c2C1=O.CCCCCCC(CCCC)CN1C(=O)c2c(C)sc(-c3cc4cc5c(OC)c6sc(C)cc6cc5c(OC)c4s3)c2C1=O.COc1c2c(cc3c(OC)c4s[c]([Sn]([CH3])([CH3])[CH3])cc4cc13)C=[C]([Sn]([CH3])([CH3])[CH3])C2. The number of halogens is 2. The Hall–Kier alpha value is -3.54. The Bertz CT molecular complexity index is 4410. The minimum atomic E-state index is -2.13. The molecule has 19 heteroatoms. The zero-order chi connectivity index (χ0) is 69.2. The molecule has 9 aromatic rings. The van der Waals surface area contributed by atoms with E-state index in [0.717, 1.165) is 140 Å². The number of allylic oxidation sites excluding steroid dienone is 1. The van der Waals surface area contributed by atoms with Crippen LogP contribution in [0.2, 0.25) is 29.6 Å². The fourth-order valence-electron chi connectivity index (χ4n) is 14.0. The van der Waals surface area contributed by atoms with E-state index in [4.69, 9.17) is 18.9 Å². The molecule has 514 valence electrons. The van der Waals surface area contributed by atoms with Crippen LogP contribution in [0.4, 0.5) is 0 Å². The molecule has 3 aliphatic rings. The first kappa shape index (κ1) is 75.1. The molecule has 12 rings (SSSR count). The number of amides is 4. The second-order valence-corrected chi connectivity index (χ2v) is 66.7. The molecule has 2 aliphatic heterocycles. The van der Waals surface area contributed by atoms with Crippen molar-refractivity contribution in [1.29, 1.82) is 0 Å². The summed E-state index contributed by atoms with van der Waals surface area (Å²) in [6.07, 6.45) is 22.1. The Morgan fingerprint density at radius 2 is 0.906 bits per heavy atom. The summed E-state index contributed by atoms with van der Waals surface area (Å²) in [4.78, 5) is 75.1. The van der Waals surface area contributed by atoms with Crippen LogP contribution in [0.25, 0.3) is 67.6 Å². The standard InChI is InChI=1S/C36H41NO4S3.C18H25Br2NO2S.C17H12O2S.6CH3.2Sn/c1-7-9-11-12-14-22(13-10-8-2)19-37-35(38)28-21(4)43-34(29(28)36(37)39)27-18-24-17-26-25(31(41-6)33(24)44-27)16-23-15-20(3)42-32(23)30(26)40-5;1-3-5-7-8-10-12(9-6-4-2)11-21-17(22)13-14(18(21)23)16(20)24-15(13)19;1-18-15-12-5-3-4-10(12)8-14-13(15)9-11-6-7-20-17(11)16(14)19-2;;;;;;;;/h15-18,22H,7-14,19H2,1-6H3;12H,3-11H2,1-2H3;4,6,8-9H,5H2,1-2H3;6*1H3;;. The molecule has 0 fully saturated rings. The van der Waals surface area contributed by atoms with E-state index in [1.807, 2.05) is 25.4 Å². The normalized spacial score (nSPS) is 14.5. The van der Waals surface area contributed by atoms with Crippen molar-refractivity contribution < 1.29 is 38.1 Å². The van der Waals surface area contributed by atoms with Gasteiger partial charge in [-0.25, -0.2) is 0 Å². The molecule has 0 saturated heterocycles. The zero-order valence-corrected chi connectivity index (χ0v) is 72.1. The van der Waals surface area contributed by atoms with Crippen LogP contribution < -0.4 is 21.8 Å². The van der Waals surface area contributed by atoms with Gasteiger partial charge in [-0.2, -0.15) is 0 Å². The number of hydrogen-bond acceptors (Lipinski definition) is 13. The Labute approximate surface area is 614 Å². The Kier molecular flexibility index (Phi) is 25.2. The van der Waals surface area contributed by atoms with Crippen molar-refractivity contribution in [3.8, 4) is 32.8 Å². The molecule has 5 aromatic heterocycles. The van der Waals surface area contributed by atoms with Crippen molar-refractivity contribution in [3.63, 3.8) is 0 Å². The molecule has 96 heavy (non-hydrogen) atoms. The Morgan fingerprint density at radius 3 is 1.40 bits per heavy atom. The van der Waals surface area contributed by atoms with Gasteiger partial charge in [0.05, 0.1) is 58.3 Å². The van der Waals surface area contributed by atoms with Crippen molar-refractivity contribution in [2.45, 2.75) is 180 Å². The number of fused-ring (bicyclic) bond motifs is 8. The van der Waals surface area contributed by atoms with E-state index >= 15 is 0 Å². The first-order valence-electron chi connectivity index (χ1n) is 34.6. The molecule has 2 unspecified atom stereocenters. The van der Waals surface area contributed by atoms with Crippen molar-refractivity contribution in [1.82, 2.24) is 9.80 Å². The van der Waals surface area contributed by atoms with Gasteiger partial charge in [0.25, 0.3) is 23.6 Å². The second kappa shape index (κ2) is 32.2. The topological polar surface area (TPSA) is 112 Å². The summed E-state index contributed by atoms with van der Waals surface area (Å²) < 4.78 is 32.2. The number of aryl methyl sites for hydroxylation is 2. The third-order valence-corrected chi connectivity index (χ3v) is 42.4. The summed E-state index contributed by atoms with van der Waals surface area (Å²) in [6.45, 7) is 14.0. The van der Waals surface area contributed by atoms with Gasteiger partial charge in [-0.3, -0.25) is 29.0 Å². The molecule has 4 aromatic carbocycles. The summed E-state index contributed by atoms with van der Waals surface area (Å²) in [5.74, 6) is 3.97. The van der Waals surface area contributed by atoms with E-state index in [9.17, 15) is 19.2 Å². The first-order chi connectivity index (χ1) is 45.8. The second-order valence-electron chi connectivity index (χ2n) is 28.4. The summed E-state index contributed by atoms with van der Waals surface area (Å²) in [5, 5.41) is 7.89. The number of benzene rings is 4. The van der Waals surface area contributed by atoms with Gasteiger partial charge in [-0.1, -0.05) is 105 Å². The summed E-state index contributed by atoms with van der Waals surface area (Å²) in [6, 6.07) is 15.8. The van der Waals surface area contributed by atoms with Gasteiger partial charge in [0.1, 0.15) is 11.5 Å². The zero-order valence-electron chi connectivity index (χ0n) is 59.2. The summed E-state index contributed by atoms with van der Waals surface area (Å²) >= 11 is 10.9. The van der Waals surface area contributed by atoms with E-state index in [0.29, 0.717) is 47.2 Å². The van der Waals surface area contributed by atoms with Gasteiger partial charge < -0.3 is 9.47 Å². The monoisotopic (exact) mass is 1730 g/mol. The number of unbranched alkanes of at least 4 members (excludes halogenated alkanes) is 8. The van der Waals surface area contributed by atoms with E-state index in [1.165, 1.54) is 98.0 Å². The fourth-order valence-corrected chi connectivity index (χ4v) is 30.7. The third kappa shape index (κ3) is 15.5. The predicted octanol–water partition coefficient (Wildman–Crippen LogP) is 24.1. The average Bonchev–Trinajstić information content (AvgIpc) is 1.28. The van der Waals surface area contributed by atoms with Crippen LogP contribution >= 0.6 is 88.5 Å². The van der Waals surface area contributed by atoms with Gasteiger partial charge in [0, 0.05) is 38.5 Å². The number of rotatable bonds is 27. The number of carbonyl (C=O) groups is 4. The number of methoxy groups -OCH3 is 4.